The molecule has 15 nitrogen and oxygen atoms in total. The van der Waals surface area contributed by atoms with Crippen LogP contribution in [0.4, 0.5) is 0 Å². The summed E-state index contributed by atoms with van der Waals surface area (Å²) in [7, 11) is 4.98. The second-order valence-corrected chi connectivity index (χ2v) is 25.7. The third-order valence-electron chi connectivity index (χ3n) is 16.7. The molecule has 0 N–H and O–H groups in total. The molecule has 0 aromatic heterocycles. The summed E-state index contributed by atoms with van der Waals surface area (Å²) in [4.78, 5) is 33.3. The number of rotatable bonds is 18. The molecule has 4 aliphatic rings. The molecular formula is C80H112O15. The highest BCUT2D eigenvalue weighted by atomic mass is 16.7. The van der Waals surface area contributed by atoms with Crippen molar-refractivity contribution in [1.82, 2.24) is 0 Å². The molecule has 10 rings (SSSR count). The molecule has 3 fully saturated rings. The first kappa shape index (κ1) is 80.3. The Hall–Kier alpha value is -7.11. The van der Waals surface area contributed by atoms with Gasteiger partial charge in [-0.3, -0.25) is 14.4 Å². The summed E-state index contributed by atoms with van der Waals surface area (Å²) in [6.07, 6.45) is 2.69. The molecule has 95 heavy (non-hydrogen) atoms. The molecule has 2 heterocycles. The molecule has 0 amide bonds. The number of esters is 3. The Labute approximate surface area is 569 Å². The fourth-order valence-electron chi connectivity index (χ4n) is 13.1. The molecule has 6 aromatic rings. The number of carbonyl (C=O) groups is 3. The van der Waals surface area contributed by atoms with Crippen LogP contribution in [0.15, 0.2) is 146 Å². The van der Waals surface area contributed by atoms with Crippen LogP contribution in [0.25, 0.3) is 11.1 Å². The third kappa shape index (κ3) is 20.9. The van der Waals surface area contributed by atoms with Crippen molar-refractivity contribution in [2.75, 3.05) is 74.6 Å². The molecule has 1 spiro atoms. The van der Waals surface area contributed by atoms with E-state index in [2.05, 4.69) is 144 Å². The zero-order chi connectivity index (χ0) is 70.6. The van der Waals surface area contributed by atoms with E-state index in [1.165, 1.54) is 60.6 Å². The van der Waals surface area contributed by atoms with Crippen molar-refractivity contribution in [2.45, 2.75) is 167 Å². The van der Waals surface area contributed by atoms with E-state index in [0.29, 0.717) is 50.5 Å². The van der Waals surface area contributed by atoms with Gasteiger partial charge in [0.1, 0.15) is 29.6 Å². The molecule has 2 aliphatic carbocycles. The molecule has 522 valence electrons. The molecule has 0 radical (unpaired) electrons. The van der Waals surface area contributed by atoms with Crippen molar-refractivity contribution >= 4 is 17.9 Å². The Kier molecular flexibility index (Phi) is 32.1. The van der Waals surface area contributed by atoms with Crippen LogP contribution in [0.1, 0.15) is 177 Å². The number of benzene rings is 6. The lowest BCUT2D eigenvalue weighted by molar-refractivity contribution is -0.337. The predicted molar refractivity (Wildman–Crippen MR) is 377 cm³/mol. The maximum Gasteiger partial charge on any atom is 0.308 e. The van der Waals surface area contributed by atoms with Gasteiger partial charge < -0.3 is 56.8 Å². The van der Waals surface area contributed by atoms with Crippen LogP contribution < -0.4 is 18.9 Å². The lowest BCUT2D eigenvalue weighted by Crippen LogP contribution is -2.57. The maximum atomic E-state index is 11.2. The molecule has 2 saturated heterocycles. The normalized spacial score (nSPS) is 20.1. The zero-order valence-corrected chi connectivity index (χ0v) is 61.0. The van der Waals surface area contributed by atoms with Crippen molar-refractivity contribution < 1.29 is 71.2 Å². The second-order valence-electron chi connectivity index (χ2n) is 25.7. The highest BCUT2D eigenvalue weighted by Crippen LogP contribution is 2.57. The standard InChI is InChI=1S/C30H26O5.C24H30O3.C18H32O7.4C2H6/c1-21(31)33-20-35-25-17-13-23(14-18-25)30(22-11-15-24(16-12-22)34-19-32-2)28-9-5-3-7-26(28)27-8-4-6-10-29(27)30;1-17-14-23(3,4)16-24(15-17,19-6-10-21(26-5)11-7-19)20-8-12-22(13-9-20)27-18(2)25;1-13(19)21-8-17(4,5)15-24-11-18(12-25-15)9-22-14(23-10-18)16(2,3)7-20-6;4*1-2/h3-18H,19-20H2,1-2H3;6-13,17H,14-16H2,1-5H3;14-15H,7-12H2,1-6H3;4*1-2H3. The highest BCUT2D eigenvalue weighted by molar-refractivity contribution is 5.86. The van der Waals surface area contributed by atoms with Gasteiger partial charge in [-0.15, -0.1) is 0 Å². The minimum Gasteiger partial charge on any atom is -0.497 e. The highest BCUT2D eigenvalue weighted by Gasteiger charge is 2.50. The van der Waals surface area contributed by atoms with Crippen molar-refractivity contribution in [3.05, 3.63) is 179 Å². The van der Waals surface area contributed by atoms with E-state index >= 15 is 0 Å². The fourth-order valence-corrected chi connectivity index (χ4v) is 13.1. The van der Waals surface area contributed by atoms with Gasteiger partial charge in [0.2, 0.25) is 6.79 Å². The van der Waals surface area contributed by atoms with Gasteiger partial charge in [-0.2, -0.15) is 0 Å². The number of hydrogen-bond acceptors (Lipinski definition) is 15. The molecule has 1 saturated carbocycles. The Bertz CT molecular complexity index is 3160. The van der Waals surface area contributed by atoms with E-state index < -0.39 is 17.1 Å². The predicted octanol–water partition coefficient (Wildman–Crippen LogP) is 17.8. The molecule has 15 heteroatoms. The van der Waals surface area contributed by atoms with Gasteiger partial charge in [0, 0.05) is 51.2 Å². The van der Waals surface area contributed by atoms with Crippen LogP contribution in [0.2, 0.25) is 0 Å². The quantitative estimate of drug-likeness (QED) is 0.0453. The summed E-state index contributed by atoms with van der Waals surface area (Å²) in [6, 6.07) is 49.9. The summed E-state index contributed by atoms with van der Waals surface area (Å²) in [6.45, 7) is 38.2. The van der Waals surface area contributed by atoms with E-state index in [0.717, 1.165) is 35.5 Å². The number of ether oxygens (including phenoxy) is 12. The van der Waals surface area contributed by atoms with E-state index in [-0.39, 0.29) is 66.1 Å². The van der Waals surface area contributed by atoms with Gasteiger partial charge in [-0.05, 0) is 124 Å². The van der Waals surface area contributed by atoms with E-state index in [1.54, 1.807) is 21.3 Å². The second kappa shape index (κ2) is 38.0. The van der Waals surface area contributed by atoms with Crippen molar-refractivity contribution in [3.63, 3.8) is 0 Å². The van der Waals surface area contributed by atoms with Gasteiger partial charge in [-0.1, -0.05) is 201 Å². The third-order valence-corrected chi connectivity index (χ3v) is 16.7. The van der Waals surface area contributed by atoms with Gasteiger partial charge in [-0.25, -0.2) is 0 Å². The summed E-state index contributed by atoms with van der Waals surface area (Å²) >= 11 is 0. The topological polar surface area (TPSA) is 162 Å². The molecular weight excluding hydrogens is 1200 g/mol. The molecule has 2 aliphatic heterocycles. The van der Waals surface area contributed by atoms with Gasteiger partial charge in [0.25, 0.3) is 0 Å². The van der Waals surface area contributed by atoms with Crippen LogP contribution in [-0.4, -0.2) is 105 Å². The van der Waals surface area contributed by atoms with Crippen LogP contribution in [0.5, 0.6) is 23.0 Å². The first-order valence-corrected chi connectivity index (χ1v) is 33.8. The number of carbonyl (C=O) groups excluding carboxylic acids is 3. The van der Waals surface area contributed by atoms with E-state index in [9.17, 15) is 14.4 Å². The van der Waals surface area contributed by atoms with Gasteiger partial charge in [0.15, 0.2) is 19.4 Å². The Balaban J connectivity index is 0.000000292. The molecule has 0 bridgehead atoms. The number of hydrogen-bond donors (Lipinski definition) is 0. The lowest BCUT2D eigenvalue weighted by atomic mass is 9.55. The first-order valence-electron chi connectivity index (χ1n) is 33.8. The lowest BCUT2D eigenvalue weighted by Gasteiger charge is -2.48. The summed E-state index contributed by atoms with van der Waals surface area (Å²) < 4.78 is 65.9. The number of methoxy groups -OCH3 is 3. The van der Waals surface area contributed by atoms with E-state index in [4.69, 9.17) is 56.8 Å². The molecule has 2 atom stereocenters. The van der Waals surface area contributed by atoms with Crippen molar-refractivity contribution in [1.29, 1.82) is 0 Å². The minimum atomic E-state index is -0.513. The summed E-state index contributed by atoms with van der Waals surface area (Å²) in [5.74, 6) is 2.51. The summed E-state index contributed by atoms with van der Waals surface area (Å²) in [5.41, 5.74) is 8.48. The monoisotopic (exact) mass is 1310 g/mol. The van der Waals surface area contributed by atoms with Crippen molar-refractivity contribution in [3.8, 4) is 34.1 Å². The van der Waals surface area contributed by atoms with Gasteiger partial charge >= 0.3 is 17.9 Å². The van der Waals surface area contributed by atoms with Crippen LogP contribution in [-0.2, 0) is 63.1 Å². The Morgan fingerprint density at radius 3 is 1.24 bits per heavy atom. The molecule has 6 aromatic carbocycles. The van der Waals surface area contributed by atoms with Crippen LogP contribution in [0.3, 0.4) is 0 Å². The molecule has 2 unspecified atom stereocenters. The largest absolute Gasteiger partial charge is 0.497 e. The maximum absolute atomic E-state index is 11.2. The first-order chi connectivity index (χ1) is 45.5. The van der Waals surface area contributed by atoms with E-state index in [1.807, 2.05) is 106 Å². The van der Waals surface area contributed by atoms with Crippen LogP contribution in [0, 0.1) is 27.6 Å². The SMILES string of the molecule is CC.CC.CC.CC.COCC(C)(C)C1OCC2(CO1)COC(C(C)(C)COC(C)=O)OC2.COCOc1ccc(C2(c3ccc(OCOC(C)=O)cc3)c3ccccc3-c3ccccc32)cc1.COc1ccc(C2(c3ccc(OC(C)=O)cc3)CC(C)CC(C)(C)C2)cc1. The average molecular weight is 1310 g/mol. The average Bonchev–Trinajstić information content (AvgIpc) is 1.57. The van der Waals surface area contributed by atoms with Crippen LogP contribution >= 0.6 is 0 Å². The minimum absolute atomic E-state index is 0.0534. The van der Waals surface area contributed by atoms with Crippen molar-refractivity contribution in [2.24, 2.45) is 27.6 Å². The number of fused-ring (bicyclic) bond motifs is 3. The van der Waals surface area contributed by atoms with Gasteiger partial charge in [0.05, 0.1) is 51.0 Å². The smallest absolute Gasteiger partial charge is 0.308 e. The fraction of sp³-hybridized carbons (Fsp3) is 0.512. The zero-order valence-electron chi connectivity index (χ0n) is 61.0. The Morgan fingerprint density at radius 1 is 0.463 bits per heavy atom. The Morgan fingerprint density at radius 2 is 0.853 bits per heavy atom. The summed E-state index contributed by atoms with van der Waals surface area (Å²) in [5, 5.41) is 0.